The Kier molecular flexibility index (Phi) is 21.5. The minimum absolute atomic E-state index is 0.0232. The van der Waals surface area contributed by atoms with Crippen molar-refractivity contribution in [1.29, 1.82) is 0 Å². The quantitative estimate of drug-likeness (QED) is 0.0825. The van der Waals surface area contributed by atoms with E-state index in [0.717, 1.165) is 45.1 Å². The molecule has 60 heavy (non-hydrogen) atoms. The molecule has 0 unspecified atom stereocenters. The van der Waals surface area contributed by atoms with E-state index >= 15 is 0 Å². The van der Waals surface area contributed by atoms with Crippen LogP contribution in [-0.4, -0.2) is 169 Å². The van der Waals surface area contributed by atoms with E-state index < -0.39 is 133 Å². The van der Waals surface area contributed by atoms with Gasteiger partial charge in [0.25, 0.3) is 0 Å². The molecule has 2 saturated heterocycles. The van der Waals surface area contributed by atoms with Gasteiger partial charge in [-0.15, -0.1) is 0 Å². The topological polar surface area (TPSA) is 304 Å². The largest absolute Gasteiger partial charge is 0.461 e. The molecule has 2 aliphatic heterocycles. The fourth-order valence-electron chi connectivity index (χ4n) is 4.68. The number of carbonyl (C=O) groups is 10. The average molecular weight is 927 g/mol. The third kappa shape index (κ3) is 19.8. The molecule has 0 radical (unpaired) electrons. The molecule has 0 saturated carbocycles. The molecule has 2 heterocycles. The molecular weight excluding hydrogens is 873 g/mol. The predicted octanol–water partition coefficient (Wildman–Crippen LogP) is -1.83. The highest BCUT2D eigenvalue weighted by molar-refractivity contribution is 8.76. The second-order valence-corrected chi connectivity index (χ2v) is 19.3. The Labute approximate surface area is 363 Å². The molecule has 0 aromatic carbocycles. The zero-order valence-electron chi connectivity index (χ0n) is 34.5. The molecule has 0 aliphatic carbocycles. The van der Waals surface area contributed by atoms with Gasteiger partial charge in [0.2, 0.25) is 35.4 Å². The molecule has 6 atom stereocenters. The van der Waals surface area contributed by atoms with Crippen molar-refractivity contribution in [3.8, 4) is 0 Å². The van der Waals surface area contributed by atoms with Crippen molar-refractivity contribution in [1.82, 2.24) is 42.5 Å². The summed E-state index contributed by atoms with van der Waals surface area (Å²) in [5.74, 6) is -7.78. The van der Waals surface area contributed by atoms with E-state index in [1.165, 1.54) is 0 Å². The van der Waals surface area contributed by atoms with Crippen LogP contribution in [0.5, 0.6) is 0 Å². The maximum atomic E-state index is 13.7. The first kappa shape index (κ1) is 51.8. The molecule has 2 bridgehead atoms. The summed E-state index contributed by atoms with van der Waals surface area (Å²) in [6, 6.07) is -8.56. The van der Waals surface area contributed by atoms with E-state index in [0.29, 0.717) is 0 Å². The van der Waals surface area contributed by atoms with Gasteiger partial charge in [0.1, 0.15) is 60.7 Å². The molecule has 2 fully saturated rings. The maximum absolute atomic E-state index is 13.7. The molecule has 8 amide bonds. The van der Waals surface area contributed by atoms with E-state index in [1.807, 2.05) is 0 Å². The van der Waals surface area contributed by atoms with Crippen LogP contribution < -0.4 is 42.5 Å². The van der Waals surface area contributed by atoms with Crippen molar-refractivity contribution >= 4 is 105 Å². The van der Waals surface area contributed by atoms with Gasteiger partial charge in [0, 0.05) is 23.0 Å². The molecule has 2 aliphatic rings. The van der Waals surface area contributed by atoms with Gasteiger partial charge in [-0.2, -0.15) is 23.5 Å². The number of nitrogens with one attached hydrogen (secondary N) is 8. The van der Waals surface area contributed by atoms with Gasteiger partial charge in [0.15, 0.2) is 0 Å². The van der Waals surface area contributed by atoms with Crippen LogP contribution in [0.1, 0.15) is 41.5 Å². The Morgan fingerprint density at radius 3 is 1.28 bits per heavy atom. The SMILES string of the molecule is CSC[C@H]1NC(=O)[C@H]2CSSC[C@@H](NC(=O)CNC(=O)[C@@H](NC(=O)OC(C)(C)C)COC1=O)C(=O)N[C@H](CSC)C(=O)OC[C@H](NC(=O)OC(C)(C)C)C(=O)NCC(=O)N2. The average Bonchev–Trinajstić information content (AvgIpc) is 3.13. The minimum Gasteiger partial charge on any atom is -0.461 e. The number of cyclic esters (lactones) is 2. The summed E-state index contributed by atoms with van der Waals surface area (Å²) in [6.45, 7) is 6.51. The number of amides is 8. The van der Waals surface area contributed by atoms with Crippen LogP contribution in [0.25, 0.3) is 0 Å². The van der Waals surface area contributed by atoms with Crippen LogP contribution in [0, 0.1) is 0 Å². The molecule has 0 aromatic heterocycles. The Balaban J connectivity index is 2.57. The lowest BCUT2D eigenvalue weighted by Crippen LogP contribution is -2.58. The molecule has 2 rings (SSSR count). The molecule has 22 nitrogen and oxygen atoms in total. The van der Waals surface area contributed by atoms with Crippen LogP contribution >= 0.6 is 45.1 Å². The van der Waals surface area contributed by atoms with E-state index in [9.17, 15) is 47.9 Å². The third-order valence-corrected chi connectivity index (χ3v) is 11.1. The van der Waals surface area contributed by atoms with Crippen molar-refractivity contribution in [3.63, 3.8) is 0 Å². The number of hydrogen-bond acceptors (Lipinski definition) is 18. The minimum atomic E-state index is -1.59. The van der Waals surface area contributed by atoms with Crippen molar-refractivity contribution in [2.24, 2.45) is 0 Å². The van der Waals surface area contributed by atoms with Gasteiger partial charge in [-0.3, -0.25) is 28.8 Å². The lowest BCUT2D eigenvalue weighted by atomic mass is 10.2. The Morgan fingerprint density at radius 1 is 0.617 bits per heavy atom. The molecule has 8 N–H and O–H groups in total. The zero-order valence-corrected chi connectivity index (χ0v) is 37.7. The first-order valence-corrected chi connectivity index (χ1v) is 23.6. The lowest BCUT2D eigenvalue weighted by Gasteiger charge is -2.26. The van der Waals surface area contributed by atoms with Crippen LogP contribution in [0.4, 0.5) is 9.59 Å². The first-order chi connectivity index (χ1) is 28.0. The summed E-state index contributed by atoms with van der Waals surface area (Å²) in [5.41, 5.74) is -1.96. The Bertz CT molecular complexity index is 1480. The number of rotatable bonds is 6. The van der Waals surface area contributed by atoms with Gasteiger partial charge in [-0.05, 0) is 54.1 Å². The van der Waals surface area contributed by atoms with E-state index in [1.54, 1.807) is 54.1 Å². The fraction of sp³-hybridized carbons (Fsp3) is 0.706. The normalized spacial score (nSPS) is 25.2. The van der Waals surface area contributed by atoms with Gasteiger partial charge in [-0.25, -0.2) is 19.2 Å². The first-order valence-electron chi connectivity index (χ1n) is 18.3. The van der Waals surface area contributed by atoms with Crippen molar-refractivity contribution in [2.75, 3.05) is 61.8 Å². The van der Waals surface area contributed by atoms with Crippen molar-refractivity contribution in [3.05, 3.63) is 0 Å². The Hall–Kier alpha value is -4.30. The van der Waals surface area contributed by atoms with Crippen LogP contribution in [-0.2, 0) is 57.3 Å². The summed E-state index contributed by atoms with van der Waals surface area (Å²) in [4.78, 5) is 132. The van der Waals surface area contributed by atoms with E-state index in [-0.39, 0.29) is 23.0 Å². The highest BCUT2D eigenvalue weighted by Crippen LogP contribution is 2.24. The van der Waals surface area contributed by atoms with Gasteiger partial charge in [-0.1, -0.05) is 21.6 Å². The second-order valence-electron chi connectivity index (χ2n) is 14.9. The number of carbonyl (C=O) groups excluding carboxylic acids is 10. The third-order valence-electron chi connectivity index (χ3n) is 7.37. The van der Waals surface area contributed by atoms with Gasteiger partial charge in [0.05, 0.1) is 13.1 Å². The molecule has 26 heteroatoms. The van der Waals surface area contributed by atoms with Crippen LogP contribution in [0.15, 0.2) is 0 Å². The summed E-state index contributed by atoms with van der Waals surface area (Å²) in [5, 5.41) is 19.3. The lowest BCUT2D eigenvalue weighted by molar-refractivity contribution is -0.150. The highest BCUT2D eigenvalue weighted by Gasteiger charge is 2.34. The van der Waals surface area contributed by atoms with Gasteiger partial charge < -0.3 is 61.5 Å². The van der Waals surface area contributed by atoms with E-state index in [4.69, 9.17) is 18.9 Å². The zero-order chi connectivity index (χ0) is 45.2. The molecule has 338 valence electrons. The number of thioether (sulfide) groups is 2. The number of esters is 2. The number of ether oxygens (including phenoxy) is 4. The van der Waals surface area contributed by atoms with Gasteiger partial charge >= 0.3 is 24.1 Å². The van der Waals surface area contributed by atoms with Crippen molar-refractivity contribution in [2.45, 2.75) is 89.0 Å². The molecule has 0 spiro atoms. The van der Waals surface area contributed by atoms with Crippen molar-refractivity contribution < 1.29 is 66.9 Å². The second kappa shape index (κ2) is 24.8. The number of alkyl carbamates (subject to hydrolysis) is 2. The van der Waals surface area contributed by atoms with E-state index in [2.05, 4.69) is 42.5 Å². The number of hydrogen-bond donors (Lipinski definition) is 8. The molecular formula is C34H54N8O14S4. The highest BCUT2D eigenvalue weighted by atomic mass is 33.1. The summed E-state index contributed by atoms with van der Waals surface area (Å²) >= 11 is 2.32. The predicted molar refractivity (Wildman–Crippen MR) is 224 cm³/mol. The number of fused-ring (bicyclic) bond motifs is 5. The monoisotopic (exact) mass is 926 g/mol. The molecule has 0 aromatic rings. The standard InChI is InChI=1S/C34H54N8O14S4/c1-33(2,3)55-31(51)41-17-11-53-29(49)21(13-57-7)39-27(47)20-16-60-59-15-19(37-23(43)9-35-25(17)45)28(48)40-22(14-58-8)30(50)54-12-18(26(46)36-10-24(44)38-20)42-32(52)56-34(4,5)6/h17-22H,9-16H2,1-8H3,(H,35,45)(H,36,46)(H,37,43)(H,38,44)(H,39,47)(H,40,48)(H,41,51)(H,42,52)/t17-,18-,19+,20+,21+,22+/m0/s1. The smallest absolute Gasteiger partial charge is 0.408 e. The summed E-state index contributed by atoms with van der Waals surface area (Å²) in [6.07, 6.45) is 1.19. The maximum Gasteiger partial charge on any atom is 0.408 e. The van der Waals surface area contributed by atoms with Crippen LogP contribution in [0.2, 0.25) is 0 Å². The fourth-order valence-corrected chi connectivity index (χ4v) is 8.12. The summed E-state index contributed by atoms with van der Waals surface area (Å²) in [7, 11) is 2.01. The Morgan fingerprint density at radius 2 is 0.967 bits per heavy atom. The van der Waals surface area contributed by atoms with Crippen LogP contribution in [0.3, 0.4) is 0 Å². The summed E-state index contributed by atoms with van der Waals surface area (Å²) < 4.78 is 21.2.